The summed E-state index contributed by atoms with van der Waals surface area (Å²) in [6.45, 7) is -0.0583. The van der Waals surface area contributed by atoms with Crippen molar-refractivity contribution in [1.82, 2.24) is 9.97 Å². The summed E-state index contributed by atoms with van der Waals surface area (Å²) in [5, 5.41) is 12.7. The third kappa shape index (κ3) is 2.88. The van der Waals surface area contributed by atoms with Gasteiger partial charge in [0.1, 0.15) is 11.6 Å². The van der Waals surface area contributed by atoms with Gasteiger partial charge >= 0.3 is 0 Å². The molecule has 3 rings (SSSR count). The summed E-state index contributed by atoms with van der Waals surface area (Å²) in [5.74, 6) is 1.64. The fraction of sp³-hybridized carbons (Fsp3) is 0.333. The average molecular weight is 271 g/mol. The van der Waals surface area contributed by atoms with Gasteiger partial charge in [0.2, 0.25) is 0 Å². The Bertz CT molecular complexity index is 635. The van der Waals surface area contributed by atoms with Crippen molar-refractivity contribution in [2.75, 3.05) is 11.9 Å². The predicted molar refractivity (Wildman–Crippen MR) is 76.7 cm³/mol. The number of rotatable bonds is 5. The van der Waals surface area contributed by atoms with Crippen LogP contribution in [0.2, 0.25) is 0 Å². The molecule has 2 aromatic rings. The van der Waals surface area contributed by atoms with Gasteiger partial charge in [-0.25, -0.2) is 4.98 Å². The standard InChI is InChI=1S/C15H17N3O2/c19-9-12(10-4-2-1-3-5-10)16-13-8-14(20)18-15(17-13)11-6-7-11/h1-5,8,11-12,19H,6-7,9H2,(H2,16,17,18,20). The number of aliphatic hydroxyl groups excluding tert-OH is 1. The molecular formula is C15H17N3O2. The molecule has 1 aliphatic carbocycles. The van der Waals surface area contributed by atoms with Gasteiger partial charge in [-0.05, 0) is 18.4 Å². The maximum absolute atomic E-state index is 11.7. The van der Waals surface area contributed by atoms with Crippen molar-refractivity contribution in [3.63, 3.8) is 0 Å². The van der Waals surface area contributed by atoms with Crippen LogP contribution in [0.15, 0.2) is 41.2 Å². The number of H-pyrrole nitrogens is 1. The maximum atomic E-state index is 11.7. The van der Waals surface area contributed by atoms with Crippen molar-refractivity contribution in [1.29, 1.82) is 0 Å². The second kappa shape index (κ2) is 5.46. The SMILES string of the molecule is O=c1cc(NC(CO)c2ccccc2)nc(C2CC2)[nH]1. The summed E-state index contributed by atoms with van der Waals surface area (Å²) < 4.78 is 0. The Morgan fingerprint density at radius 2 is 2.10 bits per heavy atom. The Morgan fingerprint density at radius 3 is 2.75 bits per heavy atom. The highest BCUT2D eigenvalue weighted by Gasteiger charge is 2.26. The molecule has 0 bridgehead atoms. The molecule has 0 radical (unpaired) electrons. The normalized spacial score (nSPS) is 15.8. The molecule has 1 aliphatic rings. The minimum Gasteiger partial charge on any atom is -0.394 e. The zero-order chi connectivity index (χ0) is 13.9. The molecule has 0 aliphatic heterocycles. The Hall–Kier alpha value is -2.14. The van der Waals surface area contributed by atoms with Crippen molar-refractivity contribution < 1.29 is 5.11 Å². The lowest BCUT2D eigenvalue weighted by Gasteiger charge is -2.17. The molecule has 1 fully saturated rings. The van der Waals surface area contributed by atoms with E-state index in [0.717, 1.165) is 24.2 Å². The number of anilines is 1. The summed E-state index contributed by atoms with van der Waals surface area (Å²) in [4.78, 5) is 18.9. The van der Waals surface area contributed by atoms with Crippen LogP contribution in [0.25, 0.3) is 0 Å². The van der Waals surface area contributed by atoms with Gasteiger partial charge in [-0.2, -0.15) is 0 Å². The molecule has 1 atom stereocenters. The van der Waals surface area contributed by atoms with Gasteiger partial charge in [-0.15, -0.1) is 0 Å². The smallest absolute Gasteiger partial charge is 0.252 e. The first kappa shape index (κ1) is 12.9. The van der Waals surface area contributed by atoms with Crippen LogP contribution < -0.4 is 10.9 Å². The molecule has 1 unspecified atom stereocenters. The number of hydrogen-bond donors (Lipinski definition) is 3. The number of hydrogen-bond acceptors (Lipinski definition) is 4. The van der Waals surface area contributed by atoms with E-state index in [2.05, 4.69) is 15.3 Å². The molecule has 3 N–H and O–H groups in total. The number of nitrogens with zero attached hydrogens (tertiary/aromatic N) is 1. The molecule has 0 saturated heterocycles. The predicted octanol–water partition coefficient (Wildman–Crippen LogP) is 1.79. The third-order valence-corrected chi connectivity index (χ3v) is 3.43. The average Bonchev–Trinajstić information content (AvgIpc) is 3.30. The molecule has 1 heterocycles. The molecule has 0 spiro atoms. The highest BCUT2D eigenvalue weighted by molar-refractivity contribution is 5.38. The van der Waals surface area contributed by atoms with E-state index >= 15 is 0 Å². The van der Waals surface area contributed by atoms with E-state index in [0.29, 0.717) is 11.7 Å². The second-order valence-corrected chi connectivity index (χ2v) is 5.08. The van der Waals surface area contributed by atoms with Crippen molar-refractivity contribution in [2.45, 2.75) is 24.8 Å². The number of aromatic nitrogens is 2. The van der Waals surface area contributed by atoms with Gasteiger partial charge < -0.3 is 15.4 Å². The molecule has 104 valence electrons. The Balaban J connectivity index is 1.84. The fourth-order valence-corrected chi connectivity index (χ4v) is 2.20. The van der Waals surface area contributed by atoms with Crippen LogP contribution in [0.5, 0.6) is 0 Å². The van der Waals surface area contributed by atoms with Crippen LogP contribution in [0.3, 0.4) is 0 Å². The van der Waals surface area contributed by atoms with E-state index in [1.807, 2.05) is 30.3 Å². The van der Waals surface area contributed by atoms with Gasteiger partial charge in [0.15, 0.2) is 0 Å². The summed E-state index contributed by atoms with van der Waals surface area (Å²) in [6, 6.07) is 10.8. The van der Waals surface area contributed by atoms with Crippen molar-refractivity contribution >= 4 is 5.82 Å². The van der Waals surface area contributed by atoms with Crippen molar-refractivity contribution in [2.24, 2.45) is 0 Å². The molecule has 1 aromatic heterocycles. The van der Waals surface area contributed by atoms with E-state index in [1.165, 1.54) is 6.07 Å². The van der Waals surface area contributed by atoms with Gasteiger partial charge in [0.25, 0.3) is 5.56 Å². The molecule has 0 amide bonds. The van der Waals surface area contributed by atoms with Crippen LogP contribution in [0, 0.1) is 0 Å². The maximum Gasteiger partial charge on any atom is 0.252 e. The first-order chi connectivity index (χ1) is 9.76. The minimum absolute atomic E-state index is 0.0583. The zero-order valence-electron chi connectivity index (χ0n) is 11.0. The summed E-state index contributed by atoms with van der Waals surface area (Å²) >= 11 is 0. The third-order valence-electron chi connectivity index (χ3n) is 3.43. The highest BCUT2D eigenvalue weighted by Crippen LogP contribution is 2.37. The summed E-state index contributed by atoms with van der Waals surface area (Å²) in [7, 11) is 0. The van der Waals surface area contributed by atoms with Gasteiger partial charge in [-0.3, -0.25) is 4.79 Å². The largest absolute Gasteiger partial charge is 0.394 e. The number of benzene rings is 1. The molecule has 5 nitrogen and oxygen atoms in total. The molecular weight excluding hydrogens is 254 g/mol. The lowest BCUT2D eigenvalue weighted by Crippen LogP contribution is -2.19. The number of aliphatic hydroxyl groups is 1. The van der Waals surface area contributed by atoms with Gasteiger partial charge in [0, 0.05) is 12.0 Å². The highest BCUT2D eigenvalue weighted by atomic mass is 16.3. The lowest BCUT2D eigenvalue weighted by molar-refractivity contribution is 0.276. The Morgan fingerprint density at radius 1 is 1.35 bits per heavy atom. The van der Waals surface area contributed by atoms with Crippen LogP contribution in [-0.4, -0.2) is 21.7 Å². The summed E-state index contributed by atoms with van der Waals surface area (Å²) in [6.07, 6.45) is 2.16. The Labute approximate surface area is 116 Å². The van der Waals surface area contributed by atoms with Crippen LogP contribution in [0.1, 0.15) is 36.2 Å². The molecule has 1 aromatic carbocycles. The molecule has 1 saturated carbocycles. The quantitative estimate of drug-likeness (QED) is 0.774. The summed E-state index contributed by atoms with van der Waals surface area (Å²) in [5.41, 5.74) is 0.805. The molecule has 5 heteroatoms. The van der Waals surface area contributed by atoms with Crippen molar-refractivity contribution in [3.05, 3.63) is 58.1 Å². The van der Waals surface area contributed by atoms with Crippen molar-refractivity contribution in [3.8, 4) is 0 Å². The van der Waals surface area contributed by atoms with Crippen LogP contribution in [-0.2, 0) is 0 Å². The number of aromatic amines is 1. The van der Waals surface area contributed by atoms with Crippen LogP contribution >= 0.6 is 0 Å². The van der Waals surface area contributed by atoms with Gasteiger partial charge in [0.05, 0.1) is 12.6 Å². The molecule has 20 heavy (non-hydrogen) atoms. The van der Waals surface area contributed by atoms with E-state index in [-0.39, 0.29) is 18.2 Å². The van der Waals surface area contributed by atoms with E-state index in [9.17, 15) is 9.90 Å². The second-order valence-electron chi connectivity index (χ2n) is 5.08. The van der Waals surface area contributed by atoms with E-state index in [4.69, 9.17) is 0 Å². The van der Waals surface area contributed by atoms with E-state index in [1.54, 1.807) is 0 Å². The van der Waals surface area contributed by atoms with Crippen LogP contribution in [0.4, 0.5) is 5.82 Å². The minimum atomic E-state index is -0.266. The zero-order valence-corrected chi connectivity index (χ0v) is 11.0. The Kier molecular flexibility index (Phi) is 3.52. The lowest BCUT2D eigenvalue weighted by atomic mass is 10.1. The van der Waals surface area contributed by atoms with E-state index < -0.39 is 0 Å². The topological polar surface area (TPSA) is 78.0 Å². The number of nitrogens with one attached hydrogen (secondary N) is 2. The monoisotopic (exact) mass is 271 g/mol. The fourth-order valence-electron chi connectivity index (χ4n) is 2.20. The first-order valence-corrected chi connectivity index (χ1v) is 6.80. The van der Waals surface area contributed by atoms with Gasteiger partial charge in [-0.1, -0.05) is 30.3 Å². The first-order valence-electron chi connectivity index (χ1n) is 6.80.